The lowest BCUT2D eigenvalue weighted by molar-refractivity contribution is 0.414. The molecule has 0 aliphatic rings. The van der Waals surface area contributed by atoms with Crippen LogP contribution in [0.25, 0.3) is 0 Å². The van der Waals surface area contributed by atoms with Gasteiger partial charge in [-0.3, -0.25) is 0 Å². The van der Waals surface area contributed by atoms with Gasteiger partial charge in [0, 0.05) is 11.8 Å². The van der Waals surface area contributed by atoms with Gasteiger partial charge in [-0.2, -0.15) is 13.4 Å². The van der Waals surface area contributed by atoms with E-state index in [-0.39, 0.29) is 10.8 Å². The van der Waals surface area contributed by atoms with Crippen LogP contribution >= 0.6 is 11.8 Å². The van der Waals surface area contributed by atoms with E-state index in [1.165, 1.54) is 37.1 Å². The Hall–Kier alpha value is -1.80. The van der Waals surface area contributed by atoms with Crippen LogP contribution < -0.4 is 8.92 Å². The third kappa shape index (κ3) is 3.85. The molecule has 0 saturated carbocycles. The van der Waals surface area contributed by atoms with Crippen LogP contribution in [0.3, 0.4) is 0 Å². The van der Waals surface area contributed by atoms with Gasteiger partial charge in [-0.15, -0.1) is 0 Å². The highest BCUT2D eigenvalue weighted by Gasteiger charge is 2.18. The van der Waals surface area contributed by atoms with Crippen molar-refractivity contribution in [2.24, 2.45) is 0 Å². The zero-order valence-corrected chi connectivity index (χ0v) is 13.4. The van der Waals surface area contributed by atoms with E-state index in [0.717, 1.165) is 0 Å². The molecule has 6 nitrogen and oxygen atoms in total. The van der Waals surface area contributed by atoms with Crippen molar-refractivity contribution in [2.75, 3.05) is 13.4 Å². The van der Waals surface area contributed by atoms with Crippen molar-refractivity contribution < 1.29 is 17.3 Å². The number of rotatable bonds is 5. The second kappa shape index (κ2) is 6.31. The molecule has 0 aliphatic carbocycles. The molecule has 0 fully saturated rings. The predicted molar refractivity (Wildman–Crippen MR) is 79.4 cm³/mol. The number of methoxy groups -OCH3 is 1. The summed E-state index contributed by atoms with van der Waals surface area (Å²) in [5.41, 5.74) is 0.634. The molecule has 0 N–H and O–H groups in total. The second-order valence-corrected chi connectivity index (χ2v) is 6.37. The van der Waals surface area contributed by atoms with Gasteiger partial charge in [0.15, 0.2) is 5.16 Å². The predicted octanol–water partition coefficient (Wildman–Crippen LogP) is 2.28. The third-order valence-corrected chi connectivity index (χ3v) is 4.32. The number of hydrogen-bond acceptors (Lipinski definition) is 7. The molecule has 0 unspecified atom stereocenters. The minimum Gasteiger partial charge on any atom is -0.497 e. The van der Waals surface area contributed by atoms with Gasteiger partial charge < -0.3 is 8.92 Å². The van der Waals surface area contributed by atoms with Crippen molar-refractivity contribution in [1.82, 2.24) is 9.97 Å². The van der Waals surface area contributed by atoms with Crippen LogP contribution in [0.2, 0.25) is 0 Å². The quantitative estimate of drug-likeness (QED) is 0.474. The lowest BCUT2D eigenvalue weighted by atomic mass is 10.3. The number of aryl methyl sites for hydroxylation is 1. The topological polar surface area (TPSA) is 78.4 Å². The first kappa shape index (κ1) is 15.6. The fraction of sp³-hybridized carbons (Fsp3) is 0.231. The molecule has 0 atom stereocenters. The summed E-state index contributed by atoms with van der Waals surface area (Å²) in [5.74, 6) is 0.569. The first-order chi connectivity index (χ1) is 9.94. The molecule has 0 radical (unpaired) electrons. The van der Waals surface area contributed by atoms with E-state index < -0.39 is 10.1 Å². The molecular formula is C13H14N2O4S2. The Morgan fingerprint density at radius 2 is 1.81 bits per heavy atom. The zero-order chi connectivity index (χ0) is 15.5. The zero-order valence-electron chi connectivity index (χ0n) is 11.7. The molecule has 0 bridgehead atoms. The van der Waals surface area contributed by atoms with Crippen molar-refractivity contribution in [3.8, 4) is 11.6 Å². The molecule has 1 aromatic heterocycles. The summed E-state index contributed by atoms with van der Waals surface area (Å²) in [6.07, 6.45) is 1.80. The molecule has 1 heterocycles. The van der Waals surface area contributed by atoms with Crippen molar-refractivity contribution in [1.29, 1.82) is 0 Å². The average molecular weight is 326 g/mol. The second-order valence-electron chi connectivity index (χ2n) is 4.05. The van der Waals surface area contributed by atoms with Crippen LogP contribution in [-0.2, 0) is 10.1 Å². The Kier molecular flexibility index (Phi) is 4.69. The Morgan fingerprint density at radius 1 is 1.14 bits per heavy atom. The molecule has 0 amide bonds. The van der Waals surface area contributed by atoms with Crippen LogP contribution in [0, 0.1) is 6.92 Å². The van der Waals surface area contributed by atoms with Gasteiger partial charge in [0.2, 0.25) is 5.88 Å². The molecular weight excluding hydrogens is 312 g/mol. The summed E-state index contributed by atoms with van der Waals surface area (Å²) in [5, 5.41) is 0.454. The van der Waals surface area contributed by atoms with E-state index >= 15 is 0 Å². The van der Waals surface area contributed by atoms with E-state index in [4.69, 9.17) is 8.92 Å². The fourth-order valence-electron chi connectivity index (χ4n) is 1.55. The van der Waals surface area contributed by atoms with Crippen LogP contribution in [0.5, 0.6) is 11.6 Å². The van der Waals surface area contributed by atoms with Crippen LogP contribution in [0.1, 0.15) is 5.69 Å². The van der Waals surface area contributed by atoms with Crippen LogP contribution in [0.15, 0.2) is 40.4 Å². The Labute approximate surface area is 127 Å². The lowest BCUT2D eigenvalue weighted by Crippen LogP contribution is -2.11. The third-order valence-electron chi connectivity index (χ3n) is 2.54. The minimum absolute atomic E-state index is 0.00247. The molecule has 0 aliphatic heterocycles. The van der Waals surface area contributed by atoms with E-state index in [1.54, 1.807) is 25.3 Å². The highest BCUT2D eigenvalue weighted by molar-refractivity contribution is 7.98. The molecule has 112 valence electrons. The van der Waals surface area contributed by atoms with Crippen LogP contribution in [-0.4, -0.2) is 31.8 Å². The maximum Gasteiger partial charge on any atom is 0.340 e. The number of ether oxygens (including phenoxy) is 1. The number of nitrogens with zero attached hydrogens (tertiary/aromatic N) is 2. The standard InChI is InChI=1S/C13H14N2O4S2/c1-9-8-12(15-13(14-9)20-3)19-21(16,17)11-6-4-10(18-2)5-7-11/h4-8H,1-3H3. The molecule has 2 rings (SSSR count). The Bertz CT molecular complexity index is 730. The normalized spacial score (nSPS) is 11.2. The summed E-state index contributed by atoms with van der Waals surface area (Å²) in [6, 6.07) is 7.40. The fourth-order valence-corrected chi connectivity index (χ4v) is 2.84. The number of benzene rings is 1. The number of hydrogen-bond donors (Lipinski definition) is 0. The largest absolute Gasteiger partial charge is 0.497 e. The maximum atomic E-state index is 12.2. The van der Waals surface area contributed by atoms with E-state index in [9.17, 15) is 8.42 Å². The van der Waals surface area contributed by atoms with Gasteiger partial charge in [-0.1, -0.05) is 11.8 Å². The van der Waals surface area contributed by atoms with Crippen molar-refractivity contribution >= 4 is 21.9 Å². The smallest absolute Gasteiger partial charge is 0.340 e. The molecule has 1 aromatic carbocycles. The molecule has 8 heteroatoms. The highest BCUT2D eigenvalue weighted by Crippen LogP contribution is 2.21. The molecule has 0 spiro atoms. The summed E-state index contributed by atoms with van der Waals surface area (Å²) in [4.78, 5) is 8.19. The summed E-state index contributed by atoms with van der Waals surface area (Å²) < 4.78 is 34.4. The summed E-state index contributed by atoms with van der Waals surface area (Å²) in [7, 11) is -2.43. The molecule has 2 aromatic rings. The molecule has 21 heavy (non-hydrogen) atoms. The summed E-state index contributed by atoms with van der Waals surface area (Å²) in [6.45, 7) is 1.74. The van der Waals surface area contributed by atoms with Gasteiger partial charge in [-0.05, 0) is 37.4 Å². The van der Waals surface area contributed by atoms with Gasteiger partial charge in [0.25, 0.3) is 0 Å². The van der Waals surface area contributed by atoms with Gasteiger partial charge in [-0.25, -0.2) is 4.98 Å². The lowest BCUT2D eigenvalue weighted by Gasteiger charge is -2.08. The van der Waals surface area contributed by atoms with E-state index in [0.29, 0.717) is 16.6 Å². The summed E-state index contributed by atoms with van der Waals surface area (Å²) >= 11 is 1.31. The van der Waals surface area contributed by atoms with Crippen molar-refractivity contribution in [3.63, 3.8) is 0 Å². The highest BCUT2D eigenvalue weighted by atomic mass is 32.2. The Balaban J connectivity index is 2.30. The SMILES string of the molecule is COc1ccc(S(=O)(=O)Oc2cc(C)nc(SC)n2)cc1. The average Bonchev–Trinajstić information content (AvgIpc) is 2.46. The van der Waals surface area contributed by atoms with Crippen LogP contribution in [0.4, 0.5) is 0 Å². The minimum atomic E-state index is -3.94. The number of thioether (sulfide) groups is 1. The maximum absolute atomic E-state index is 12.2. The monoisotopic (exact) mass is 326 g/mol. The number of aromatic nitrogens is 2. The van der Waals surface area contributed by atoms with Crippen molar-refractivity contribution in [2.45, 2.75) is 17.0 Å². The van der Waals surface area contributed by atoms with Gasteiger partial charge >= 0.3 is 10.1 Å². The first-order valence-corrected chi connectivity index (χ1v) is 8.56. The van der Waals surface area contributed by atoms with Crippen molar-refractivity contribution in [3.05, 3.63) is 36.0 Å². The van der Waals surface area contributed by atoms with E-state index in [1.807, 2.05) is 0 Å². The Morgan fingerprint density at radius 3 is 2.38 bits per heavy atom. The molecule has 0 saturated heterocycles. The van der Waals surface area contributed by atoms with Gasteiger partial charge in [0.05, 0.1) is 7.11 Å². The van der Waals surface area contributed by atoms with E-state index in [2.05, 4.69) is 9.97 Å². The van der Waals surface area contributed by atoms with Gasteiger partial charge in [0.1, 0.15) is 10.6 Å². The first-order valence-electron chi connectivity index (χ1n) is 5.93.